The molecule has 1 aromatic rings. The number of carbonyl (C=O) groups excluding carboxylic acids is 1. The molecule has 4 nitrogen and oxygen atoms in total. The van der Waals surface area contributed by atoms with E-state index in [9.17, 15) is 4.79 Å². The molecule has 1 amide bonds. The Bertz CT molecular complexity index is 498. The lowest BCUT2D eigenvalue weighted by molar-refractivity contribution is -0.117. The zero-order chi connectivity index (χ0) is 14.7. The second kappa shape index (κ2) is 6.46. The van der Waals surface area contributed by atoms with Crippen molar-refractivity contribution in [3.05, 3.63) is 22.7 Å². The maximum atomic E-state index is 11.9. The quantitative estimate of drug-likeness (QED) is 0.847. The van der Waals surface area contributed by atoms with Crippen molar-refractivity contribution in [2.45, 2.75) is 32.7 Å². The summed E-state index contributed by atoms with van der Waals surface area (Å²) in [4.78, 5) is 14.2. The summed E-state index contributed by atoms with van der Waals surface area (Å²) in [5.74, 6) is -0.0201. The molecule has 1 aliphatic heterocycles. The van der Waals surface area contributed by atoms with Gasteiger partial charge in [0.1, 0.15) is 6.04 Å². The van der Waals surface area contributed by atoms with Crippen molar-refractivity contribution < 1.29 is 4.79 Å². The van der Waals surface area contributed by atoms with Gasteiger partial charge in [0.15, 0.2) is 0 Å². The Kier molecular flexibility index (Phi) is 4.89. The SMILES string of the molecule is CCCN(CCC)c1cc2c(cc1Cl)C(NC)C(=O)N2. The van der Waals surface area contributed by atoms with Crippen LogP contribution >= 0.6 is 11.6 Å². The van der Waals surface area contributed by atoms with E-state index in [0.29, 0.717) is 5.02 Å². The molecular weight excluding hydrogens is 274 g/mol. The lowest BCUT2D eigenvalue weighted by Gasteiger charge is -2.25. The summed E-state index contributed by atoms with van der Waals surface area (Å²) < 4.78 is 0. The van der Waals surface area contributed by atoms with Crippen LogP contribution in [0.3, 0.4) is 0 Å². The minimum absolute atomic E-state index is 0.0201. The van der Waals surface area contributed by atoms with Gasteiger partial charge < -0.3 is 15.5 Å². The number of nitrogens with one attached hydrogen (secondary N) is 2. The molecule has 2 rings (SSSR count). The highest BCUT2D eigenvalue weighted by molar-refractivity contribution is 6.33. The minimum Gasteiger partial charge on any atom is -0.370 e. The van der Waals surface area contributed by atoms with Gasteiger partial charge in [0.05, 0.1) is 10.7 Å². The van der Waals surface area contributed by atoms with E-state index in [0.717, 1.165) is 42.9 Å². The molecule has 110 valence electrons. The van der Waals surface area contributed by atoms with Gasteiger partial charge in [0.2, 0.25) is 5.91 Å². The maximum Gasteiger partial charge on any atom is 0.246 e. The Morgan fingerprint density at radius 3 is 2.50 bits per heavy atom. The molecule has 20 heavy (non-hydrogen) atoms. The first kappa shape index (κ1) is 15.1. The average Bonchev–Trinajstić information content (AvgIpc) is 2.72. The first-order valence-corrected chi connectivity index (χ1v) is 7.56. The van der Waals surface area contributed by atoms with Crippen molar-refractivity contribution >= 4 is 28.9 Å². The van der Waals surface area contributed by atoms with Crippen molar-refractivity contribution in [2.24, 2.45) is 0 Å². The van der Waals surface area contributed by atoms with Crippen molar-refractivity contribution in [3.8, 4) is 0 Å². The number of likely N-dealkylation sites (N-methyl/N-ethyl adjacent to an activating group) is 1. The van der Waals surface area contributed by atoms with Gasteiger partial charge >= 0.3 is 0 Å². The third-order valence-corrected chi connectivity index (χ3v) is 3.87. The van der Waals surface area contributed by atoms with E-state index >= 15 is 0 Å². The number of hydrogen-bond donors (Lipinski definition) is 2. The zero-order valence-electron chi connectivity index (χ0n) is 12.3. The van der Waals surface area contributed by atoms with E-state index in [1.807, 2.05) is 12.1 Å². The second-order valence-corrected chi connectivity index (χ2v) is 5.50. The molecule has 1 atom stereocenters. The van der Waals surface area contributed by atoms with Crippen LogP contribution in [0.4, 0.5) is 11.4 Å². The highest BCUT2D eigenvalue weighted by Crippen LogP contribution is 2.38. The van der Waals surface area contributed by atoms with Crippen LogP contribution in [0.25, 0.3) is 0 Å². The lowest BCUT2D eigenvalue weighted by Crippen LogP contribution is -2.25. The van der Waals surface area contributed by atoms with Gasteiger partial charge in [0, 0.05) is 24.3 Å². The van der Waals surface area contributed by atoms with Gasteiger partial charge in [-0.1, -0.05) is 25.4 Å². The highest BCUT2D eigenvalue weighted by Gasteiger charge is 2.30. The van der Waals surface area contributed by atoms with E-state index in [1.165, 1.54) is 0 Å². The summed E-state index contributed by atoms with van der Waals surface area (Å²) in [7, 11) is 1.78. The van der Waals surface area contributed by atoms with Crippen LogP contribution in [0.5, 0.6) is 0 Å². The first-order valence-electron chi connectivity index (χ1n) is 7.18. The Morgan fingerprint density at radius 1 is 1.30 bits per heavy atom. The smallest absolute Gasteiger partial charge is 0.246 e. The molecule has 0 saturated carbocycles. The van der Waals surface area contributed by atoms with E-state index in [1.54, 1.807) is 7.05 Å². The van der Waals surface area contributed by atoms with Gasteiger partial charge in [-0.15, -0.1) is 0 Å². The molecule has 0 saturated heterocycles. The summed E-state index contributed by atoms with van der Waals surface area (Å²) in [6.07, 6.45) is 2.14. The largest absolute Gasteiger partial charge is 0.370 e. The van der Waals surface area contributed by atoms with E-state index < -0.39 is 0 Å². The fourth-order valence-corrected chi connectivity index (χ4v) is 2.98. The number of rotatable bonds is 6. The molecule has 0 spiro atoms. The summed E-state index contributed by atoms with van der Waals surface area (Å²) in [5.41, 5.74) is 2.80. The standard InChI is InChI=1S/C15H22ClN3O/c1-4-6-19(7-5-2)13-9-12-10(8-11(13)16)14(17-3)15(20)18-12/h8-9,14,17H,4-7H2,1-3H3,(H,18,20). The van der Waals surface area contributed by atoms with Gasteiger partial charge in [-0.2, -0.15) is 0 Å². The monoisotopic (exact) mass is 295 g/mol. The molecule has 5 heteroatoms. The first-order chi connectivity index (χ1) is 9.62. The van der Waals surface area contributed by atoms with Gasteiger partial charge in [0.25, 0.3) is 0 Å². The van der Waals surface area contributed by atoms with Crippen molar-refractivity contribution in [3.63, 3.8) is 0 Å². The van der Waals surface area contributed by atoms with Gasteiger partial charge in [-0.05, 0) is 32.0 Å². The molecule has 1 aliphatic rings. The van der Waals surface area contributed by atoms with Crippen molar-refractivity contribution in [1.82, 2.24) is 5.32 Å². The van der Waals surface area contributed by atoms with Crippen LogP contribution in [-0.2, 0) is 4.79 Å². The topological polar surface area (TPSA) is 44.4 Å². The average molecular weight is 296 g/mol. The number of carbonyl (C=O) groups is 1. The molecule has 0 radical (unpaired) electrons. The van der Waals surface area contributed by atoms with Crippen LogP contribution in [0.1, 0.15) is 38.3 Å². The molecule has 1 unspecified atom stereocenters. The zero-order valence-corrected chi connectivity index (χ0v) is 13.0. The van der Waals surface area contributed by atoms with Crippen LogP contribution in [0.2, 0.25) is 5.02 Å². The molecule has 1 aromatic carbocycles. The van der Waals surface area contributed by atoms with Crippen molar-refractivity contribution in [1.29, 1.82) is 0 Å². The van der Waals surface area contributed by atoms with E-state index in [-0.39, 0.29) is 11.9 Å². The summed E-state index contributed by atoms with van der Waals surface area (Å²) >= 11 is 6.44. The Labute approximate surface area is 125 Å². The van der Waals surface area contributed by atoms with Gasteiger partial charge in [-0.3, -0.25) is 4.79 Å². The number of nitrogens with zero attached hydrogens (tertiary/aromatic N) is 1. The number of amides is 1. The number of benzene rings is 1. The maximum absolute atomic E-state index is 11.9. The van der Waals surface area contributed by atoms with Crippen LogP contribution < -0.4 is 15.5 Å². The van der Waals surface area contributed by atoms with Gasteiger partial charge in [-0.25, -0.2) is 0 Å². The Morgan fingerprint density at radius 2 is 1.95 bits per heavy atom. The molecule has 0 aromatic heterocycles. The molecular formula is C15H22ClN3O. The number of fused-ring (bicyclic) bond motifs is 1. The summed E-state index contributed by atoms with van der Waals surface area (Å²) in [6, 6.07) is 3.60. The summed E-state index contributed by atoms with van der Waals surface area (Å²) in [6.45, 7) is 6.25. The molecule has 0 bridgehead atoms. The predicted molar refractivity (Wildman–Crippen MR) is 84.7 cm³/mol. The second-order valence-electron chi connectivity index (χ2n) is 5.09. The third kappa shape index (κ3) is 2.76. The van der Waals surface area contributed by atoms with Crippen LogP contribution in [0.15, 0.2) is 12.1 Å². The minimum atomic E-state index is -0.303. The fourth-order valence-electron chi connectivity index (χ4n) is 2.69. The third-order valence-electron chi connectivity index (χ3n) is 3.57. The Balaban J connectivity index is 2.38. The molecule has 0 aliphatic carbocycles. The van der Waals surface area contributed by atoms with Crippen molar-refractivity contribution in [2.75, 3.05) is 30.4 Å². The number of halogens is 1. The lowest BCUT2D eigenvalue weighted by atomic mass is 10.1. The predicted octanol–water partition coefficient (Wildman–Crippen LogP) is 3.18. The highest BCUT2D eigenvalue weighted by atomic mass is 35.5. The normalized spacial score (nSPS) is 17.0. The molecule has 1 heterocycles. The van der Waals surface area contributed by atoms with Crippen LogP contribution in [0, 0.1) is 0 Å². The number of anilines is 2. The Hall–Kier alpha value is -1.26. The summed E-state index contributed by atoms with van der Waals surface area (Å²) in [5, 5.41) is 6.64. The van der Waals surface area contributed by atoms with E-state index in [2.05, 4.69) is 29.4 Å². The fraction of sp³-hybridized carbons (Fsp3) is 0.533. The molecule has 0 fully saturated rings. The van der Waals surface area contributed by atoms with E-state index in [4.69, 9.17) is 11.6 Å². The number of hydrogen-bond acceptors (Lipinski definition) is 3. The van der Waals surface area contributed by atoms with Crippen LogP contribution in [-0.4, -0.2) is 26.0 Å². The molecule has 2 N–H and O–H groups in total.